The lowest BCUT2D eigenvalue weighted by molar-refractivity contribution is -0.316. The first-order chi connectivity index (χ1) is 25.1. The number of rotatable bonds is 10. The van der Waals surface area contributed by atoms with E-state index in [1.54, 1.807) is 0 Å². The Morgan fingerprint density at radius 3 is 2.02 bits per heavy atom. The maximum Gasteiger partial charge on any atom is 0.186 e. The highest BCUT2D eigenvalue weighted by Crippen LogP contribution is 2.71. The Hall–Kier alpha value is -0.560. The lowest BCUT2D eigenvalue weighted by Gasteiger charge is -2.61. The van der Waals surface area contributed by atoms with Gasteiger partial charge in [0.25, 0.3) is 0 Å². The monoisotopic (exact) mass is 758 g/mol. The number of fused-ring (bicyclic) bond motifs is 7. The van der Waals surface area contributed by atoms with Gasteiger partial charge in [0.1, 0.15) is 48.8 Å². The van der Waals surface area contributed by atoms with Gasteiger partial charge in [-0.05, 0) is 104 Å². The molecule has 306 valence electrons. The quantitative estimate of drug-likeness (QED) is 0.138. The van der Waals surface area contributed by atoms with E-state index in [2.05, 4.69) is 20.8 Å². The molecule has 7 aliphatic rings. The van der Waals surface area contributed by atoms with Gasteiger partial charge in [-0.25, -0.2) is 0 Å². The number of aliphatic hydroxyl groups is 9. The van der Waals surface area contributed by atoms with E-state index in [9.17, 15) is 46.0 Å². The molecule has 3 heterocycles. The van der Waals surface area contributed by atoms with Crippen molar-refractivity contribution in [1.82, 2.24) is 0 Å². The minimum absolute atomic E-state index is 0.00220. The van der Waals surface area contributed by atoms with Gasteiger partial charge in [-0.2, -0.15) is 0 Å². The lowest BCUT2D eigenvalue weighted by Crippen LogP contribution is -2.60. The summed E-state index contributed by atoms with van der Waals surface area (Å²) in [5, 5.41) is 92.5. The second kappa shape index (κ2) is 15.3. The SMILES string of the molecule is CC(CCC1(O)OC2CC3C4CCC5CC(OC6OC(CO)C(O)C(O)C6O)CCC5(C)C4CCC3(C)C2C1C)COC1OC(CO)C(O)C(O)C1O. The molecule has 4 aliphatic carbocycles. The zero-order valence-electron chi connectivity index (χ0n) is 31.7. The van der Waals surface area contributed by atoms with Crippen LogP contribution < -0.4 is 0 Å². The van der Waals surface area contributed by atoms with Gasteiger partial charge >= 0.3 is 0 Å². The molecule has 3 saturated heterocycles. The largest absolute Gasteiger partial charge is 0.394 e. The van der Waals surface area contributed by atoms with Crippen LogP contribution in [0.2, 0.25) is 0 Å². The van der Waals surface area contributed by atoms with E-state index < -0.39 is 80.4 Å². The average Bonchev–Trinajstić information content (AvgIpc) is 3.57. The predicted molar refractivity (Wildman–Crippen MR) is 186 cm³/mol. The summed E-state index contributed by atoms with van der Waals surface area (Å²) < 4.78 is 29.8. The number of aliphatic hydroxyl groups excluding tert-OH is 8. The first-order valence-electron chi connectivity index (χ1n) is 20.3. The predicted octanol–water partition coefficient (Wildman–Crippen LogP) is 0.397. The molecule has 22 atom stereocenters. The van der Waals surface area contributed by atoms with Gasteiger partial charge in [-0.15, -0.1) is 0 Å². The van der Waals surface area contributed by atoms with Crippen LogP contribution in [0.3, 0.4) is 0 Å². The van der Waals surface area contributed by atoms with E-state index in [0.29, 0.717) is 36.5 Å². The third kappa shape index (κ3) is 6.96. The Balaban J connectivity index is 0.931. The molecular weight excluding hydrogens is 692 g/mol. The first kappa shape index (κ1) is 40.6. The third-order valence-corrected chi connectivity index (χ3v) is 15.9. The normalized spacial score (nSPS) is 55.9. The van der Waals surface area contributed by atoms with E-state index in [0.717, 1.165) is 51.4 Å². The number of hydrogen-bond donors (Lipinski definition) is 9. The maximum atomic E-state index is 12.0. The van der Waals surface area contributed by atoms with Crippen LogP contribution in [0.25, 0.3) is 0 Å². The highest BCUT2D eigenvalue weighted by Gasteiger charge is 2.68. The van der Waals surface area contributed by atoms with Crippen molar-refractivity contribution in [2.24, 2.45) is 52.3 Å². The van der Waals surface area contributed by atoms with Crippen LogP contribution in [-0.4, -0.2) is 145 Å². The second-order valence-corrected chi connectivity index (χ2v) is 18.7. The fraction of sp³-hybridized carbons (Fsp3) is 1.00. The Kier molecular flexibility index (Phi) is 11.7. The molecule has 7 rings (SSSR count). The Morgan fingerprint density at radius 1 is 0.736 bits per heavy atom. The summed E-state index contributed by atoms with van der Waals surface area (Å²) in [4.78, 5) is 0. The van der Waals surface area contributed by atoms with E-state index in [1.165, 1.54) is 0 Å². The zero-order chi connectivity index (χ0) is 38.2. The zero-order valence-corrected chi connectivity index (χ0v) is 31.7. The van der Waals surface area contributed by atoms with Gasteiger partial charge in [0, 0.05) is 12.3 Å². The van der Waals surface area contributed by atoms with Crippen LogP contribution in [0.15, 0.2) is 0 Å². The van der Waals surface area contributed by atoms with Crippen molar-refractivity contribution in [2.45, 2.75) is 171 Å². The maximum absolute atomic E-state index is 12.0. The molecular formula is C39H66O14. The van der Waals surface area contributed by atoms with Crippen LogP contribution in [0.1, 0.15) is 91.9 Å². The van der Waals surface area contributed by atoms with Crippen LogP contribution in [-0.2, 0) is 23.7 Å². The summed E-state index contributed by atoms with van der Waals surface area (Å²) in [7, 11) is 0. The topological polar surface area (TPSA) is 228 Å². The molecule has 0 amide bonds. The highest BCUT2D eigenvalue weighted by molar-refractivity contribution is 5.15. The Morgan fingerprint density at radius 2 is 1.36 bits per heavy atom. The molecule has 0 spiro atoms. The Bertz CT molecular complexity index is 1260. The van der Waals surface area contributed by atoms with Gasteiger partial charge < -0.3 is 69.6 Å². The molecule has 3 aliphatic heterocycles. The standard InChI is InChI=1S/C39H66O14/c1-18(17-49-35-33(46)31(44)29(42)26(15-40)51-35)7-12-39(48)19(2)28-25(53-39)14-24-22-6-5-20-13-21(8-10-37(20,3)23(22)9-11-38(24,28)4)50-36-34(47)32(45)30(43)27(16-41)52-36/h18-36,40-48H,5-17H2,1-4H3. The molecule has 9 N–H and O–H groups in total. The van der Waals surface area contributed by atoms with Crippen molar-refractivity contribution >= 4 is 0 Å². The van der Waals surface area contributed by atoms with Crippen LogP contribution >= 0.6 is 0 Å². The molecule has 4 saturated carbocycles. The molecule has 0 aromatic rings. The second-order valence-electron chi connectivity index (χ2n) is 18.7. The fourth-order valence-corrected chi connectivity index (χ4v) is 12.7. The lowest BCUT2D eigenvalue weighted by atomic mass is 9.44. The van der Waals surface area contributed by atoms with Crippen molar-refractivity contribution in [3.8, 4) is 0 Å². The summed E-state index contributed by atoms with van der Waals surface area (Å²) >= 11 is 0. The van der Waals surface area contributed by atoms with Gasteiger partial charge in [-0.3, -0.25) is 0 Å². The van der Waals surface area contributed by atoms with Crippen LogP contribution in [0.5, 0.6) is 0 Å². The minimum atomic E-state index is -1.49. The van der Waals surface area contributed by atoms with Crippen molar-refractivity contribution in [3.05, 3.63) is 0 Å². The molecule has 0 radical (unpaired) electrons. The van der Waals surface area contributed by atoms with Gasteiger partial charge in [0.15, 0.2) is 18.4 Å². The minimum Gasteiger partial charge on any atom is -0.394 e. The third-order valence-electron chi connectivity index (χ3n) is 15.9. The number of ether oxygens (including phenoxy) is 5. The summed E-state index contributed by atoms with van der Waals surface area (Å²) in [6.07, 6.45) is -3.89. The van der Waals surface area contributed by atoms with Crippen molar-refractivity contribution in [2.75, 3.05) is 19.8 Å². The molecule has 14 nitrogen and oxygen atoms in total. The average molecular weight is 759 g/mol. The molecule has 7 fully saturated rings. The summed E-state index contributed by atoms with van der Waals surface area (Å²) in [6, 6.07) is 0. The van der Waals surface area contributed by atoms with Crippen molar-refractivity contribution in [1.29, 1.82) is 0 Å². The summed E-state index contributed by atoms with van der Waals surface area (Å²) in [5.74, 6) is 1.11. The van der Waals surface area contributed by atoms with E-state index in [1.807, 2.05) is 6.92 Å². The van der Waals surface area contributed by atoms with E-state index >= 15 is 0 Å². The molecule has 53 heavy (non-hydrogen) atoms. The molecule has 0 aromatic carbocycles. The van der Waals surface area contributed by atoms with Gasteiger partial charge in [0.05, 0.1) is 32.0 Å². The molecule has 22 unspecified atom stereocenters. The smallest absolute Gasteiger partial charge is 0.186 e. The molecule has 0 bridgehead atoms. The first-order valence-corrected chi connectivity index (χ1v) is 20.3. The Labute approximate surface area is 312 Å². The molecule has 14 heteroatoms. The van der Waals surface area contributed by atoms with Crippen LogP contribution in [0, 0.1) is 52.3 Å². The van der Waals surface area contributed by atoms with Gasteiger partial charge in [0.2, 0.25) is 0 Å². The number of hydrogen-bond acceptors (Lipinski definition) is 14. The van der Waals surface area contributed by atoms with Crippen LogP contribution in [0.4, 0.5) is 0 Å². The van der Waals surface area contributed by atoms with E-state index in [4.69, 9.17) is 23.7 Å². The molecule has 0 aromatic heterocycles. The fourth-order valence-electron chi connectivity index (χ4n) is 12.7. The van der Waals surface area contributed by atoms with Crippen molar-refractivity contribution < 1.29 is 69.6 Å². The highest BCUT2D eigenvalue weighted by atomic mass is 16.7. The summed E-state index contributed by atoms with van der Waals surface area (Å²) in [6.45, 7) is 8.25. The summed E-state index contributed by atoms with van der Waals surface area (Å²) in [5.41, 5.74) is 0.235. The van der Waals surface area contributed by atoms with Gasteiger partial charge in [-0.1, -0.05) is 27.7 Å². The van der Waals surface area contributed by atoms with Crippen molar-refractivity contribution in [3.63, 3.8) is 0 Å². The van der Waals surface area contributed by atoms with E-state index in [-0.39, 0.29) is 47.4 Å².